The van der Waals surface area contributed by atoms with Crippen molar-refractivity contribution in [1.82, 2.24) is 0 Å². The van der Waals surface area contributed by atoms with E-state index < -0.39 is 0 Å². The van der Waals surface area contributed by atoms with Crippen LogP contribution in [-0.2, 0) is 20.5 Å². The summed E-state index contributed by atoms with van der Waals surface area (Å²) in [5.74, 6) is -0.0262. The van der Waals surface area contributed by atoms with E-state index in [0.29, 0.717) is 30.9 Å². The first kappa shape index (κ1) is 17.2. The quantitative estimate of drug-likeness (QED) is 0.585. The molecule has 0 heterocycles. The van der Waals surface area contributed by atoms with Gasteiger partial charge in [-0.1, -0.05) is 0 Å². The van der Waals surface area contributed by atoms with Gasteiger partial charge in [-0.05, 0) is 31.9 Å². The van der Waals surface area contributed by atoms with Crippen LogP contribution in [0.2, 0.25) is 0 Å². The molecular formula is C14H19O6P. The molecule has 0 unspecified atom stereocenters. The second-order valence-electron chi connectivity index (χ2n) is 4.09. The molecule has 0 saturated carbocycles. The molecule has 1 rings (SSSR count). The lowest BCUT2D eigenvalue weighted by Crippen LogP contribution is -2.11. The molecule has 0 aliphatic carbocycles. The molecule has 1 aromatic carbocycles. The fraction of sp³-hybridized carbons (Fsp3) is 0.500. The average molecular weight is 314 g/mol. The Hall–Kier alpha value is -1.81. The Kier molecular flexibility index (Phi) is 6.96. The summed E-state index contributed by atoms with van der Waals surface area (Å²) >= 11 is 0. The Balaban J connectivity index is 3.25. The van der Waals surface area contributed by atoms with Gasteiger partial charge >= 0.3 is 5.97 Å². The number of carbonyl (C=O) groups excluding carboxylic acids is 1. The van der Waals surface area contributed by atoms with Gasteiger partial charge < -0.3 is 19.3 Å². The lowest BCUT2D eigenvalue weighted by Gasteiger charge is -2.16. The first-order valence-corrected chi connectivity index (χ1v) is 7.44. The van der Waals surface area contributed by atoms with Crippen molar-refractivity contribution >= 4 is 19.7 Å². The molecule has 0 aliphatic heterocycles. The van der Waals surface area contributed by atoms with E-state index in [2.05, 4.69) is 4.74 Å². The fourth-order valence-electron chi connectivity index (χ4n) is 1.85. The van der Waals surface area contributed by atoms with Crippen molar-refractivity contribution in [2.45, 2.75) is 26.7 Å². The van der Waals surface area contributed by atoms with E-state index in [1.54, 1.807) is 19.9 Å². The molecule has 1 N–H and O–H groups in total. The van der Waals surface area contributed by atoms with E-state index in [9.17, 15) is 14.5 Å². The zero-order chi connectivity index (χ0) is 15.8. The summed E-state index contributed by atoms with van der Waals surface area (Å²) < 4.78 is 26.7. The number of methoxy groups -OCH3 is 1. The van der Waals surface area contributed by atoms with E-state index in [4.69, 9.17) is 9.47 Å². The minimum atomic E-state index is -0.376. The molecule has 7 heteroatoms. The molecule has 0 bridgehead atoms. The Morgan fingerprint density at radius 1 is 1.29 bits per heavy atom. The monoisotopic (exact) mass is 314 g/mol. The third-order valence-electron chi connectivity index (χ3n) is 2.78. The molecule has 6 nitrogen and oxygen atoms in total. The molecule has 0 spiro atoms. The maximum absolute atomic E-state index is 11.3. The van der Waals surface area contributed by atoms with Gasteiger partial charge in [-0.3, -0.25) is 9.36 Å². The van der Waals surface area contributed by atoms with Gasteiger partial charge in [-0.25, -0.2) is 0 Å². The SMILES string of the molecule is CCOc1cc(CCC(=O)OC)c(OCC)c(P=O)c1O. The standard InChI is InChI=1S/C14H19O6P/c1-4-19-10-8-9(6-7-11(15)18-3)13(20-5-2)14(21-17)12(10)16/h8,16H,4-7H2,1-3H3. The van der Waals surface area contributed by atoms with E-state index in [0.717, 1.165) is 0 Å². The van der Waals surface area contributed by atoms with Crippen molar-refractivity contribution in [2.24, 2.45) is 0 Å². The van der Waals surface area contributed by atoms with Crippen molar-refractivity contribution in [3.63, 3.8) is 0 Å². The average Bonchev–Trinajstić information content (AvgIpc) is 2.49. The Labute approximate surface area is 125 Å². The number of carbonyl (C=O) groups is 1. The highest BCUT2D eigenvalue weighted by molar-refractivity contribution is 7.34. The number of aromatic hydroxyl groups is 1. The molecule has 0 saturated heterocycles. The van der Waals surface area contributed by atoms with Crippen LogP contribution in [0.15, 0.2) is 6.07 Å². The molecular weight excluding hydrogens is 295 g/mol. The van der Waals surface area contributed by atoms with Crippen molar-refractivity contribution < 1.29 is 28.7 Å². The number of phenolic OH excluding ortho intramolecular Hbond substituents is 1. The van der Waals surface area contributed by atoms with Crippen molar-refractivity contribution in [1.29, 1.82) is 0 Å². The van der Waals surface area contributed by atoms with Crippen LogP contribution in [0.3, 0.4) is 0 Å². The summed E-state index contributed by atoms with van der Waals surface area (Å²) in [7, 11) is 0.939. The molecule has 0 aliphatic rings. The topological polar surface area (TPSA) is 82.1 Å². The summed E-state index contributed by atoms with van der Waals surface area (Å²) in [6.07, 6.45) is 0.493. The Morgan fingerprint density at radius 3 is 2.48 bits per heavy atom. The zero-order valence-electron chi connectivity index (χ0n) is 12.3. The fourth-order valence-corrected chi connectivity index (χ4v) is 2.34. The maximum Gasteiger partial charge on any atom is 0.305 e. The molecule has 1 aromatic rings. The first-order chi connectivity index (χ1) is 10.1. The lowest BCUT2D eigenvalue weighted by molar-refractivity contribution is -0.140. The van der Waals surface area contributed by atoms with Gasteiger partial charge in [-0.15, -0.1) is 0 Å². The van der Waals surface area contributed by atoms with Gasteiger partial charge in [0.2, 0.25) is 0 Å². The predicted octanol–water partition coefficient (Wildman–Crippen LogP) is 2.21. The number of esters is 1. The summed E-state index contributed by atoms with van der Waals surface area (Å²) in [4.78, 5) is 11.3. The van der Waals surface area contributed by atoms with Crippen LogP contribution >= 0.6 is 8.46 Å². The maximum atomic E-state index is 11.3. The van der Waals surface area contributed by atoms with Gasteiger partial charge in [0.1, 0.15) is 11.1 Å². The van der Waals surface area contributed by atoms with Crippen LogP contribution < -0.4 is 14.8 Å². The molecule has 0 atom stereocenters. The van der Waals surface area contributed by atoms with Gasteiger partial charge in [-0.2, -0.15) is 0 Å². The van der Waals surface area contributed by atoms with Crippen LogP contribution in [0.5, 0.6) is 17.2 Å². The van der Waals surface area contributed by atoms with Crippen molar-refractivity contribution in [3.05, 3.63) is 11.6 Å². The van der Waals surface area contributed by atoms with Crippen molar-refractivity contribution in [3.8, 4) is 17.2 Å². The number of rotatable bonds is 8. The molecule has 116 valence electrons. The largest absolute Gasteiger partial charge is 0.503 e. The van der Waals surface area contributed by atoms with Gasteiger partial charge in [0.25, 0.3) is 0 Å². The highest BCUT2D eigenvalue weighted by atomic mass is 31.1. The second kappa shape index (κ2) is 8.47. The summed E-state index contributed by atoms with van der Waals surface area (Å²) in [5.41, 5.74) is 0.641. The second-order valence-corrected chi connectivity index (χ2v) is 4.72. The number of benzene rings is 1. The number of hydrogen-bond donors (Lipinski definition) is 1. The first-order valence-electron chi connectivity index (χ1n) is 6.63. The summed E-state index contributed by atoms with van der Waals surface area (Å²) in [5, 5.41) is 10.2. The molecule has 21 heavy (non-hydrogen) atoms. The number of phenols is 1. The zero-order valence-corrected chi connectivity index (χ0v) is 13.2. The van der Waals surface area contributed by atoms with Crippen molar-refractivity contribution in [2.75, 3.05) is 20.3 Å². The summed E-state index contributed by atoms with van der Waals surface area (Å²) in [6, 6.07) is 1.60. The molecule has 0 amide bonds. The van der Waals surface area contributed by atoms with Gasteiger partial charge in [0.15, 0.2) is 20.0 Å². The van der Waals surface area contributed by atoms with E-state index in [-0.39, 0.29) is 37.7 Å². The molecule has 0 fully saturated rings. The predicted molar refractivity (Wildman–Crippen MR) is 78.0 cm³/mol. The smallest absolute Gasteiger partial charge is 0.305 e. The number of aryl methyl sites for hydroxylation is 1. The van der Waals surface area contributed by atoms with Crippen LogP contribution in [0.4, 0.5) is 0 Å². The van der Waals surface area contributed by atoms with Gasteiger partial charge in [0.05, 0.1) is 20.3 Å². The normalized spacial score (nSPS) is 10.4. The minimum absolute atomic E-state index is 0.127. The highest BCUT2D eigenvalue weighted by Gasteiger charge is 2.21. The number of hydrogen-bond acceptors (Lipinski definition) is 6. The minimum Gasteiger partial charge on any atom is -0.503 e. The molecule has 0 aromatic heterocycles. The highest BCUT2D eigenvalue weighted by Crippen LogP contribution is 2.35. The van der Waals surface area contributed by atoms with Crippen LogP contribution in [0, 0.1) is 0 Å². The number of ether oxygens (including phenoxy) is 3. The van der Waals surface area contributed by atoms with Crippen LogP contribution in [-0.4, -0.2) is 31.4 Å². The third kappa shape index (κ3) is 4.33. The van der Waals surface area contributed by atoms with Crippen LogP contribution in [0.1, 0.15) is 25.8 Å². The lowest BCUT2D eigenvalue weighted by atomic mass is 10.1. The van der Waals surface area contributed by atoms with E-state index in [1.807, 2.05) is 0 Å². The van der Waals surface area contributed by atoms with E-state index >= 15 is 0 Å². The third-order valence-corrected chi connectivity index (χ3v) is 3.37. The van der Waals surface area contributed by atoms with Crippen LogP contribution in [0.25, 0.3) is 0 Å². The Bertz CT molecular complexity index is 515. The summed E-state index contributed by atoms with van der Waals surface area (Å²) in [6.45, 7) is 4.26. The molecule has 0 radical (unpaired) electrons. The van der Waals surface area contributed by atoms with Gasteiger partial charge in [0, 0.05) is 6.42 Å². The Morgan fingerprint density at radius 2 is 1.95 bits per heavy atom. The van der Waals surface area contributed by atoms with E-state index in [1.165, 1.54) is 7.11 Å².